The second-order valence-corrected chi connectivity index (χ2v) is 3.48. The first kappa shape index (κ1) is 9.49. The number of benzene rings is 1. The lowest BCUT2D eigenvalue weighted by atomic mass is 10.1. The molecule has 0 fully saturated rings. The Bertz CT molecular complexity index is 321. The topological polar surface area (TPSA) is 33.3 Å². The van der Waals surface area contributed by atoms with Gasteiger partial charge < -0.3 is 15.4 Å². The quantitative estimate of drug-likeness (QED) is 0.703. The molecule has 14 heavy (non-hydrogen) atoms. The Kier molecular flexibility index (Phi) is 2.70. The second kappa shape index (κ2) is 3.98. The molecule has 2 N–H and O–H groups in total. The SMILES string of the molecule is CNC(NC)c1ccc2c(c1)CCO2. The van der Waals surface area contributed by atoms with Crippen LogP contribution in [0.4, 0.5) is 0 Å². The highest BCUT2D eigenvalue weighted by molar-refractivity contribution is 5.40. The van der Waals surface area contributed by atoms with Crippen LogP contribution in [0.3, 0.4) is 0 Å². The van der Waals surface area contributed by atoms with Gasteiger partial charge in [-0.3, -0.25) is 0 Å². The van der Waals surface area contributed by atoms with Gasteiger partial charge in [0.15, 0.2) is 0 Å². The third-order valence-electron chi connectivity index (χ3n) is 2.62. The van der Waals surface area contributed by atoms with Gasteiger partial charge >= 0.3 is 0 Å². The molecular weight excluding hydrogens is 176 g/mol. The Hall–Kier alpha value is -1.06. The van der Waals surface area contributed by atoms with Crippen LogP contribution < -0.4 is 15.4 Å². The highest BCUT2D eigenvalue weighted by atomic mass is 16.5. The van der Waals surface area contributed by atoms with Crippen LogP contribution in [-0.4, -0.2) is 20.7 Å². The van der Waals surface area contributed by atoms with Crippen LogP contribution >= 0.6 is 0 Å². The number of ether oxygens (including phenoxy) is 1. The van der Waals surface area contributed by atoms with Gasteiger partial charge in [-0.15, -0.1) is 0 Å². The third kappa shape index (κ3) is 1.61. The van der Waals surface area contributed by atoms with Gasteiger partial charge in [-0.1, -0.05) is 6.07 Å². The molecule has 76 valence electrons. The summed E-state index contributed by atoms with van der Waals surface area (Å²) < 4.78 is 5.46. The lowest BCUT2D eigenvalue weighted by Crippen LogP contribution is -2.28. The molecule has 0 saturated carbocycles. The Morgan fingerprint density at radius 2 is 2.07 bits per heavy atom. The van der Waals surface area contributed by atoms with Crippen molar-refractivity contribution in [2.24, 2.45) is 0 Å². The standard InChI is InChI=1S/C11H16N2O/c1-12-11(13-2)9-3-4-10-8(7-9)5-6-14-10/h3-4,7,11-13H,5-6H2,1-2H3. The lowest BCUT2D eigenvalue weighted by Gasteiger charge is -2.16. The van der Waals surface area contributed by atoms with Crippen LogP contribution in [0.1, 0.15) is 17.3 Å². The highest BCUT2D eigenvalue weighted by Gasteiger charge is 2.14. The van der Waals surface area contributed by atoms with E-state index in [2.05, 4.69) is 28.8 Å². The summed E-state index contributed by atoms with van der Waals surface area (Å²) in [6.07, 6.45) is 1.25. The van der Waals surface area contributed by atoms with E-state index in [0.29, 0.717) is 0 Å². The molecule has 2 rings (SSSR count). The van der Waals surface area contributed by atoms with Crippen LogP contribution in [0.5, 0.6) is 5.75 Å². The average Bonchev–Trinajstić information content (AvgIpc) is 2.66. The van der Waals surface area contributed by atoms with Crippen LogP contribution in [0.15, 0.2) is 18.2 Å². The van der Waals surface area contributed by atoms with E-state index in [1.165, 1.54) is 11.1 Å². The summed E-state index contributed by atoms with van der Waals surface area (Å²) >= 11 is 0. The molecule has 1 aliphatic heterocycles. The maximum absolute atomic E-state index is 5.46. The fourth-order valence-corrected chi connectivity index (χ4v) is 1.86. The molecule has 3 nitrogen and oxygen atoms in total. The molecule has 1 aromatic rings. The zero-order valence-corrected chi connectivity index (χ0v) is 8.63. The highest BCUT2D eigenvalue weighted by Crippen LogP contribution is 2.27. The van der Waals surface area contributed by atoms with Gasteiger partial charge in [-0.2, -0.15) is 0 Å². The van der Waals surface area contributed by atoms with Crippen molar-refractivity contribution in [3.05, 3.63) is 29.3 Å². The number of hydrogen-bond acceptors (Lipinski definition) is 3. The van der Waals surface area contributed by atoms with Crippen LogP contribution in [0.25, 0.3) is 0 Å². The number of nitrogens with one attached hydrogen (secondary N) is 2. The first-order valence-corrected chi connectivity index (χ1v) is 4.95. The van der Waals surface area contributed by atoms with Gasteiger partial charge in [0.25, 0.3) is 0 Å². The zero-order valence-electron chi connectivity index (χ0n) is 8.63. The maximum Gasteiger partial charge on any atom is 0.122 e. The van der Waals surface area contributed by atoms with E-state index in [0.717, 1.165) is 18.8 Å². The van der Waals surface area contributed by atoms with Gasteiger partial charge in [0.2, 0.25) is 0 Å². The smallest absolute Gasteiger partial charge is 0.122 e. The van der Waals surface area contributed by atoms with Crippen molar-refractivity contribution in [3.63, 3.8) is 0 Å². The van der Waals surface area contributed by atoms with E-state index >= 15 is 0 Å². The number of hydrogen-bond donors (Lipinski definition) is 2. The summed E-state index contributed by atoms with van der Waals surface area (Å²) in [6.45, 7) is 0.822. The van der Waals surface area contributed by atoms with Crippen molar-refractivity contribution in [3.8, 4) is 5.75 Å². The predicted molar refractivity (Wildman–Crippen MR) is 56.5 cm³/mol. The molecule has 0 aliphatic carbocycles. The molecule has 3 heteroatoms. The first-order valence-electron chi connectivity index (χ1n) is 4.95. The molecule has 0 bridgehead atoms. The fraction of sp³-hybridized carbons (Fsp3) is 0.455. The van der Waals surface area contributed by atoms with Crippen molar-refractivity contribution in [1.29, 1.82) is 0 Å². The molecule has 1 aromatic carbocycles. The average molecular weight is 192 g/mol. The van der Waals surface area contributed by atoms with Gasteiger partial charge in [0.1, 0.15) is 5.75 Å². The lowest BCUT2D eigenvalue weighted by molar-refractivity contribution is 0.356. The van der Waals surface area contributed by atoms with E-state index in [1.54, 1.807) is 0 Å². The molecule has 0 atom stereocenters. The van der Waals surface area contributed by atoms with Crippen molar-refractivity contribution in [2.45, 2.75) is 12.6 Å². The fourth-order valence-electron chi connectivity index (χ4n) is 1.86. The Morgan fingerprint density at radius 3 is 2.79 bits per heavy atom. The van der Waals surface area contributed by atoms with Crippen LogP contribution in [0, 0.1) is 0 Å². The van der Waals surface area contributed by atoms with E-state index < -0.39 is 0 Å². The molecule has 0 amide bonds. The Balaban J connectivity index is 2.27. The van der Waals surface area contributed by atoms with Crippen LogP contribution in [0.2, 0.25) is 0 Å². The summed E-state index contributed by atoms with van der Waals surface area (Å²) in [4.78, 5) is 0. The van der Waals surface area contributed by atoms with Crippen LogP contribution in [-0.2, 0) is 6.42 Å². The predicted octanol–water partition coefficient (Wildman–Crippen LogP) is 1.06. The second-order valence-electron chi connectivity index (χ2n) is 3.48. The van der Waals surface area contributed by atoms with Crippen molar-refractivity contribution in [1.82, 2.24) is 10.6 Å². The molecule has 0 radical (unpaired) electrons. The molecule has 1 heterocycles. The van der Waals surface area contributed by atoms with Crippen molar-refractivity contribution in [2.75, 3.05) is 20.7 Å². The summed E-state index contributed by atoms with van der Waals surface area (Å²) in [5, 5.41) is 6.41. The van der Waals surface area contributed by atoms with E-state index in [9.17, 15) is 0 Å². The third-order valence-corrected chi connectivity index (χ3v) is 2.62. The van der Waals surface area contributed by atoms with Crippen molar-refractivity contribution < 1.29 is 4.74 Å². The van der Waals surface area contributed by atoms with Gasteiger partial charge in [0.05, 0.1) is 12.8 Å². The maximum atomic E-state index is 5.46. The first-order chi connectivity index (χ1) is 6.85. The Morgan fingerprint density at radius 1 is 1.29 bits per heavy atom. The van der Waals surface area contributed by atoms with Crippen molar-refractivity contribution >= 4 is 0 Å². The van der Waals surface area contributed by atoms with E-state index in [-0.39, 0.29) is 6.17 Å². The summed E-state index contributed by atoms with van der Waals surface area (Å²) in [7, 11) is 3.90. The number of rotatable bonds is 3. The van der Waals surface area contributed by atoms with E-state index in [1.807, 2.05) is 14.1 Å². The normalized spacial score (nSPS) is 14.2. The molecule has 0 unspecified atom stereocenters. The monoisotopic (exact) mass is 192 g/mol. The van der Waals surface area contributed by atoms with Gasteiger partial charge in [-0.05, 0) is 37.4 Å². The minimum atomic E-state index is 0.223. The summed E-state index contributed by atoms with van der Waals surface area (Å²) in [5.41, 5.74) is 2.58. The summed E-state index contributed by atoms with van der Waals surface area (Å²) in [6, 6.07) is 6.36. The number of fused-ring (bicyclic) bond motifs is 1. The molecule has 0 saturated heterocycles. The Labute approximate surface area is 84.5 Å². The largest absolute Gasteiger partial charge is 0.493 e. The summed E-state index contributed by atoms with van der Waals surface area (Å²) in [5.74, 6) is 1.04. The molecule has 0 aromatic heterocycles. The van der Waals surface area contributed by atoms with Gasteiger partial charge in [-0.25, -0.2) is 0 Å². The van der Waals surface area contributed by atoms with E-state index in [4.69, 9.17) is 4.74 Å². The van der Waals surface area contributed by atoms with Gasteiger partial charge in [0, 0.05) is 6.42 Å². The molecule has 1 aliphatic rings. The minimum absolute atomic E-state index is 0.223. The molecule has 0 spiro atoms. The minimum Gasteiger partial charge on any atom is -0.493 e. The molecular formula is C11H16N2O. The zero-order chi connectivity index (χ0) is 9.97.